The first-order valence-corrected chi connectivity index (χ1v) is 9.96. The van der Waals surface area contributed by atoms with E-state index in [2.05, 4.69) is 15.5 Å². The standard InChI is InChI=1S/C18H23N5O3S/c1-11(2)19-16(24)15-21-20-14-7-26-18(10-23(14)15)4-5-22(9-18)17(25)13-6-12(3)8-27-13/h6,8,11H,4-5,7,9-10H2,1-3H3,(H,19,24). The smallest absolute Gasteiger partial charge is 0.289 e. The average molecular weight is 389 g/mol. The zero-order valence-electron chi connectivity index (χ0n) is 15.7. The molecule has 1 saturated heterocycles. The average Bonchev–Trinajstić information content (AvgIpc) is 3.32. The molecule has 1 unspecified atom stereocenters. The van der Waals surface area contributed by atoms with Crippen molar-refractivity contribution in [2.45, 2.75) is 52.0 Å². The van der Waals surface area contributed by atoms with Crippen LogP contribution in [0.2, 0.25) is 0 Å². The van der Waals surface area contributed by atoms with Crippen LogP contribution in [0, 0.1) is 6.92 Å². The van der Waals surface area contributed by atoms with Crippen LogP contribution in [0.5, 0.6) is 0 Å². The molecule has 8 nitrogen and oxygen atoms in total. The van der Waals surface area contributed by atoms with Crippen LogP contribution in [0.1, 0.15) is 51.9 Å². The molecular formula is C18H23N5O3S. The van der Waals surface area contributed by atoms with E-state index in [9.17, 15) is 9.59 Å². The summed E-state index contributed by atoms with van der Waals surface area (Å²) in [6, 6.07) is 1.94. The molecule has 4 heterocycles. The van der Waals surface area contributed by atoms with Gasteiger partial charge in [0.2, 0.25) is 5.82 Å². The van der Waals surface area contributed by atoms with E-state index in [1.54, 1.807) is 0 Å². The fraction of sp³-hybridized carbons (Fsp3) is 0.556. The number of aromatic nitrogens is 3. The van der Waals surface area contributed by atoms with E-state index >= 15 is 0 Å². The summed E-state index contributed by atoms with van der Waals surface area (Å²) in [6.07, 6.45) is 0.728. The summed E-state index contributed by atoms with van der Waals surface area (Å²) < 4.78 is 7.94. The molecule has 0 bridgehead atoms. The van der Waals surface area contributed by atoms with E-state index in [1.165, 1.54) is 11.3 Å². The predicted molar refractivity (Wildman–Crippen MR) is 99.7 cm³/mol. The van der Waals surface area contributed by atoms with Gasteiger partial charge in [-0.3, -0.25) is 9.59 Å². The molecule has 2 aromatic heterocycles. The maximum absolute atomic E-state index is 12.8. The van der Waals surface area contributed by atoms with Crippen LogP contribution in [0.25, 0.3) is 0 Å². The quantitative estimate of drug-likeness (QED) is 0.861. The maximum Gasteiger partial charge on any atom is 0.289 e. The lowest BCUT2D eigenvalue weighted by atomic mass is 10.0. The van der Waals surface area contributed by atoms with Gasteiger partial charge >= 0.3 is 0 Å². The molecule has 1 fully saturated rings. The molecular weight excluding hydrogens is 366 g/mol. The largest absolute Gasteiger partial charge is 0.363 e. The number of aryl methyl sites for hydroxylation is 1. The summed E-state index contributed by atoms with van der Waals surface area (Å²) >= 11 is 1.47. The Balaban J connectivity index is 1.52. The second-order valence-electron chi connectivity index (χ2n) is 7.59. The van der Waals surface area contributed by atoms with E-state index in [-0.39, 0.29) is 17.9 Å². The molecule has 0 saturated carbocycles. The number of ether oxygens (including phenoxy) is 1. The Morgan fingerprint density at radius 3 is 2.85 bits per heavy atom. The van der Waals surface area contributed by atoms with Crippen molar-refractivity contribution in [2.75, 3.05) is 13.1 Å². The Morgan fingerprint density at radius 1 is 1.33 bits per heavy atom. The number of hydrogen-bond donors (Lipinski definition) is 1. The van der Waals surface area contributed by atoms with Crippen LogP contribution in [0.4, 0.5) is 0 Å². The number of rotatable bonds is 3. The number of carbonyl (C=O) groups is 2. The van der Waals surface area contributed by atoms with Gasteiger partial charge in [-0.15, -0.1) is 21.5 Å². The number of amides is 2. The van der Waals surface area contributed by atoms with Gasteiger partial charge in [-0.2, -0.15) is 0 Å². The van der Waals surface area contributed by atoms with Crippen LogP contribution >= 0.6 is 11.3 Å². The van der Waals surface area contributed by atoms with Gasteiger partial charge in [-0.05, 0) is 44.2 Å². The van der Waals surface area contributed by atoms with Crippen molar-refractivity contribution < 1.29 is 14.3 Å². The molecule has 0 radical (unpaired) electrons. The Bertz CT molecular complexity index is 889. The second kappa shape index (κ2) is 6.72. The molecule has 27 heavy (non-hydrogen) atoms. The van der Waals surface area contributed by atoms with E-state index in [4.69, 9.17) is 4.74 Å². The normalized spacial score (nSPS) is 21.7. The number of carbonyl (C=O) groups excluding carboxylic acids is 2. The monoisotopic (exact) mass is 389 g/mol. The third-order valence-electron chi connectivity index (χ3n) is 4.95. The van der Waals surface area contributed by atoms with Crippen molar-refractivity contribution in [3.63, 3.8) is 0 Å². The number of likely N-dealkylation sites (tertiary alicyclic amines) is 1. The first-order valence-electron chi connectivity index (χ1n) is 9.08. The van der Waals surface area contributed by atoms with Crippen molar-refractivity contribution in [3.05, 3.63) is 33.5 Å². The molecule has 1 atom stereocenters. The van der Waals surface area contributed by atoms with E-state index < -0.39 is 5.60 Å². The number of hydrogen-bond acceptors (Lipinski definition) is 6. The van der Waals surface area contributed by atoms with Crippen molar-refractivity contribution in [2.24, 2.45) is 0 Å². The molecule has 9 heteroatoms. The summed E-state index contributed by atoms with van der Waals surface area (Å²) in [4.78, 5) is 27.8. The number of nitrogens with zero attached hydrogens (tertiary/aromatic N) is 4. The van der Waals surface area contributed by atoms with Crippen LogP contribution in [-0.4, -0.2) is 56.2 Å². The van der Waals surface area contributed by atoms with Crippen LogP contribution in [0.15, 0.2) is 11.4 Å². The molecule has 144 valence electrons. The molecule has 1 N–H and O–H groups in total. The third-order valence-corrected chi connectivity index (χ3v) is 5.98. The first-order chi connectivity index (χ1) is 12.9. The lowest BCUT2D eigenvalue weighted by molar-refractivity contribution is -0.0812. The fourth-order valence-electron chi connectivity index (χ4n) is 3.62. The minimum atomic E-state index is -0.496. The summed E-state index contributed by atoms with van der Waals surface area (Å²) in [5, 5.41) is 13.0. The third kappa shape index (κ3) is 3.37. The van der Waals surface area contributed by atoms with E-state index in [1.807, 2.05) is 41.7 Å². The minimum Gasteiger partial charge on any atom is -0.363 e. The van der Waals surface area contributed by atoms with Gasteiger partial charge in [0.1, 0.15) is 12.2 Å². The second-order valence-corrected chi connectivity index (χ2v) is 8.50. The number of nitrogens with one attached hydrogen (secondary N) is 1. The minimum absolute atomic E-state index is 0.0214. The van der Waals surface area contributed by atoms with Gasteiger partial charge in [-0.25, -0.2) is 0 Å². The molecule has 0 aromatic carbocycles. The molecule has 1 spiro atoms. The van der Waals surface area contributed by atoms with Crippen molar-refractivity contribution in [3.8, 4) is 0 Å². The van der Waals surface area contributed by atoms with Gasteiger partial charge in [0.25, 0.3) is 11.8 Å². The van der Waals surface area contributed by atoms with Crippen LogP contribution < -0.4 is 5.32 Å². The molecule has 4 rings (SSSR count). The number of fused-ring (bicyclic) bond motifs is 1. The van der Waals surface area contributed by atoms with Gasteiger partial charge in [0.05, 0.1) is 18.0 Å². The zero-order valence-corrected chi connectivity index (χ0v) is 16.5. The van der Waals surface area contributed by atoms with Gasteiger partial charge < -0.3 is 19.5 Å². The van der Waals surface area contributed by atoms with Gasteiger partial charge in [-0.1, -0.05) is 0 Å². The maximum atomic E-state index is 12.8. The number of thiophene rings is 1. The predicted octanol–water partition coefficient (Wildman–Crippen LogP) is 1.60. The summed E-state index contributed by atoms with van der Waals surface area (Å²) in [5.74, 6) is 0.759. The Kier molecular flexibility index (Phi) is 4.51. The highest BCUT2D eigenvalue weighted by Gasteiger charge is 2.45. The SMILES string of the molecule is Cc1csc(C(=O)N2CCC3(C2)Cn2c(nnc2C(=O)NC(C)C)CO3)c1. The molecule has 2 aliphatic heterocycles. The summed E-state index contributed by atoms with van der Waals surface area (Å²) in [7, 11) is 0. The van der Waals surface area contributed by atoms with Gasteiger partial charge in [0.15, 0.2) is 5.82 Å². The Hall–Kier alpha value is -2.26. The van der Waals surface area contributed by atoms with E-state index in [0.29, 0.717) is 37.9 Å². The fourth-order valence-corrected chi connectivity index (χ4v) is 4.48. The lowest BCUT2D eigenvalue weighted by Crippen LogP contribution is -2.46. The Labute approximate surface area is 161 Å². The van der Waals surface area contributed by atoms with Crippen LogP contribution in [0.3, 0.4) is 0 Å². The molecule has 2 amide bonds. The lowest BCUT2D eigenvalue weighted by Gasteiger charge is -2.34. The summed E-state index contributed by atoms with van der Waals surface area (Å²) in [6.45, 7) is 7.71. The van der Waals surface area contributed by atoms with E-state index in [0.717, 1.165) is 16.9 Å². The highest BCUT2D eigenvalue weighted by atomic mass is 32.1. The topological polar surface area (TPSA) is 89.4 Å². The molecule has 2 aliphatic rings. The first kappa shape index (κ1) is 18.1. The van der Waals surface area contributed by atoms with Crippen LogP contribution in [-0.2, 0) is 17.9 Å². The van der Waals surface area contributed by atoms with Crippen molar-refractivity contribution in [1.29, 1.82) is 0 Å². The Morgan fingerprint density at radius 2 is 2.15 bits per heavy atom. The highest BCUT2D eigenvalue weighted by Crippen LogP contribution is 2.33. The zero-order chi connectivity index (χ0) is 19.2. The van der Waals surface area contributed by atoms with Crippen molar-refractivity contribution >= 4 is 23.2 Å². The highest BCUT2D eigenvalue weighted by molar-refractivity contribution is 7.12. The van der Waals surface area contributed by atoms with Gasteiger partial charge in [0, 0.05) is 12.6 Å². The summed E-state index contributed by atoms with van der Waals surface area (Å²) in [5.41, 5.74) is 0.602. The molecule has 2 aromatic rings. The van der Waals surface area contributed by atoms with Crippen molar-refractivity contribution in [1.82, 2.24) is 25.0 Å². The molecule has 0 aliphatic carbocycles.